The number of hydrogen-bond donors (Lipinski definition) is 0. The lowest BCUT2D eigenvalue weighted by molar-refractivity contribution is 0.497. The van der Waals surface area contributed by atoms with Crippen LogP contribution in [0.2, 0.25) is 0 Å². The van der Waals surface area contributed by atoms with Gasteiger partial charge in [0.15, 0.2) is 11.6 Å². The standard InChI is InChI=1S/C15H18F2/c1-2-3-4-5-11-6-8-13-12(10-11)7-9-14(16)15(13)17/h7,9-10H,2-6,8H2,1H3. The molecule has 0 unspecified atom stereocenters. The molecule has 1 aromatic carbocycles. The summed E-state index contributed by atoms with van der Waals surface area (Å²) in [6, 6.07) is 2.91. The van der Waals surface area contributed by atoms with Gasteiger partial charge in [-0.1, -0.05) is 37.5 Å². The zero-order valence-electron chi connectivity index (χ0n) is 10.2. The number of hydrogen-bond acceptors (Lipinski definition) is 0. The van der Waals surface area contributed by atoms with Gasteiger partial charge in [0.25, 0.3) is 0 Å². The number of fused-ring (bicyclic) bond motifs is 1. The highest BCUT2D eigenvalue weighted by molar-refractivity contribution is 5.59. The highest BCUT2D eigenvalue weighted by Crippen LogP contribution is 2.29. The number of halogens is 2. The minimum absolute atomic E-state index is 0.546. The van der Waals surface area contributed by atoms with Gasteiger partial charge in [0, 0.05) is 0 Å². The van der Waals surface area contributed by atoms with Crippen LogP contribution in [0, 0.1) is 11.6 Å². The van der Waals surface area contributed by atoms with Crippen LogP contribution in [0.15, 0.2) is 17.7 Å². The van der Waals surface area contributed by atoms with Crippen molar-refractivity contribution in [1.82, 2.24) is 0 Å². The topological polar surface area (TPSA) is 0 Å². The third-order valence-corrected chi connectivity index (χ3v) is 3.39. The van der Waals surface area contributed by atoms with Crippen LogP contribution in [0.25, 0.3) is 6.08 Å². The third-order valence-electron chi connectivity index (χ3n) is 3.39. The molecular weight excluding hydrogens is 218 g/mol. The summed E-state index contributed by atoms with van der Waals surface area (Å²) in [6.07, 6.45) is 8.28. The van der Waals surface area contributed by atoms with Gasteiger partial charge < -0.3 is 0 Å². The molecule has 0 bridgehead atoms. The van der Waals surface area contributed by atoms with Gasteiger partial charge in [-0.2, -0.15) is 0 Å². The molecule has 0 aliphatic heterocycles. The van der Waals surface area contributed by atoms with Crippen molar-refractivity contribution in [2.24, 2.45) is 0 Å². The molecule has 0 spiro atoms. The maximum Gasteiger partial charge on any atom is 0.162 e. The largest absolute Gasteiger partial charge is 0.204 e. The average Bonchev–Trinajstić information content (AvgIpc) is 2.34. The predicted octanol–water partition coefficient (Wildman–Crippen LogP) is 4.87. The number of unbranched alkanes of at least 4 members (excludes halogenated alkanes) is 2. The van der Waals surface area contributed by atoms with Gasteiger partial charge in [-0.25, -0.2) is 8.78 Å². The number of benzene rings is 1. The first-order valence-electron chi connectivity index (χ1n) is 6.38. The van der Waals surface area contributed by atoms with E-state index in [1.807, 2.05) is 6.08 Å². The van der Waals surface area contributed by atoms with Crippen LogP contribution in [-0.4, -0.2) is 0 Å². The molecule has 0 atom stereocenters. The molecule has 0 radical (unpaired) electrons. The van der Waals surface area contributed by atoms with Gasteiger partial charge >= 0.3 is 0 Å². The van der Waals surface area contributed by atoms with Gasteiger partial charge in [-0.05, 0) is 42.9 Å². The van der Waals surface area contributed by atoms with Gasteiger partial charge in [0.1, 0.15) is 0 Å². The van der Waals surface area contributed by atoms with Crippen LogP contribution in [0.5, 0.6) is 0 Å². The Morgan fingerprint density at radius 3 is 2.71 bits per heavy atom. The predicted molar refractivity (Wildman–Crippen MR) is 66.8 cm³/mol. The Morgan fingerprint density at radius 1 is 1.12 bits per heavy atom. The zero-order valence-corrected chi connectivity index (χ0v) is 10.2. The summed E-state index contributed by atoms with van der Waals surface area (Å²) < 4.78 is 26.6. The molecule has 1 aliphatic rings. The van der Waals surface area contributed by atoms with Crippen LogP contribution >= 0.6 is 0 Å². The molecule has 0 heterocycles. The highest BCUT2D eigenvalue weighted by atomic mass is 19.2. The Balaban J connectivity index is 2.15. The summed E-state index contributed by atoms with van der Waals surface area (Å²) in [5, 5.41) is 0. The molecule has 2 rings (SSSR count). The Labute approximate surface area is 101 Å². The van der Waals surface area contributed by atoms with E-state index in [-0.39, 0.29) is 0 Å². The van der Waals surface area contributed by atoms with Crippen molar-refractivity contribution in [2.45, 2.75) is 45.4 Å². The fraction of sp³-hybridized carbons (Fsp3) is 0.467. The molecule has 1 aliphatic carbocycles. The van der Waals surface area contributed by atoms with Gasteiger partial charge in [0.05, 0.1) is 0 Å². The fourth-order valence-electron chi connectivity index (χ4n) is 2.37. The molecule has 0 saturated heterocycles. The molecular formula is C15H18F2. The maximum absolute atomic E-state index is 13.5. The molecule has 0 nitrogen and oxygen atoms in total. The quantitative estimate of drug-likeness (QED) is 0.654. The lowest BCUT2D eigenvalue weighted by Crippen LogP contribution is -2.04. The van der Waals surface area contributed by atoms with Crippen LogP contribution < -0.4 is 0 Å². The second kappa shape index (κ2) is 5.44. The summed E-state index contributed by atoms with van der Waals surface area (Å²) >= 11 is 0. The van der Waals surface area contributed by atoms with E-state index in [1.54, 1.807) is 6.07 Å². The Hall–Kier alpha value is -1.18. The minimum Gasteiger partial charge on any atom is -0.204 e. The second-order valence-electron chi connectivity index (χ2n) is 4.69. The van der Waals surface area contributed by atoms with Crippen LogP contribution in [0.4, 0.5) is 8.78 Å². The summed E-state index contributed by atoms with van der Waals surface area (Å²) in [5.41, 5.74) is 2.78. The van der Waals surface area contributed by atoms with E-state index < -0.39 is 11.6 Å². The highest BCUT2D eigenvalue weighted by Gasteiger charge is 2.16. The smallest absolute Gasteiger partial charge is 0.162 e. The Bertz CT molecular complexity index is 433. The summed E-state index contributed by atoms with van der Waals surface area (Å²) in [5.74, 6) is -1.39. The molecule has 0 aromatic heterocycles. The second-order valence-corrected chi connectivity index (χ2v) is 4.69. The molecule has 0 N–H and O–H groups in total. The SMILES string of the molecule is CCCCCC1=Cc2ccc(F)c(F)c2CC1. The van der Waals surface area contributed by atoms with E-state index in [2.05, 4.69) is 6.92 Å². The van der Waals surface area contributed by atoms with Crippen molar-refractivity contribution in [1.29, 1.82) is 0 Å². The Kier molecular flexibility index (Phi) is 3.93. The Morgan fingerprint density at radius 2 is 1.94 bits per heavy atom. The maximum atomic E-state index is 13.5. The van der Waals surface area contributed by atoms with E-state index in [9.17, 15) is 8.78 Å². The minimum atomic E-state index is -0.730. The molecule has 1 aromatic rings. The van der Waals surface area contributed by atoms with Crippen molar-refractivity contribution in [3.8, 4) is 0 Å². The van der Waals surface area contributed by atoms with Crippen molar-refractivity contribution in [3.05, 3.63) is 40.5 Å². The van der Waals surface area contributed by atoms with E-state index in [4.69, 9.17) is 0 Å². The first-order valence-corrected chi connectivity index (χ1v) is 6.38. The van der Waals surface area contributed by atoms with Crippen LogP contribution in [0.1, 0.15) is 50.2 Å². The van der Waals surface area contributed by atoms with E-state index in [0.29, 0.717) is 12.0 Å². The number of allylic oxidation sites excluding steroid dienone is 1. The van der Waals surface area contributed by atoms with Gasteiger partial charge in [0.2, 0.25) is 0 Å². The molecule has 2 heteroatoms. The van der Waals surface area contributed by atoms with Crippen molar-refractivity contribution in [3.63, 3.8) is 0 Å². The summed E-state index contributed by atoms with van der Waals surface area (Å²) in [7, 11) is 0. The summed E-state index contributed by atoms with van der Waals surface area (Å²) in [4.78, 5) is 0. The van der Waals surface area contributed by atoms with Crippen LogP contribution in [-0.2, 0) is 6.42 Å². The molecule has 17 heavy (non-hydrogen) atoms. The molecule has 0 amide bonds. The fourth-order valence-corrected chi connectivity index (χ4v) is 2.37. The van der Waals surface area contributed by atoms with Crippen molar-refractivity contribution in [2.75, 3.05) is 0 Å². The monoisotopic (exact) mass is 236 g/mol. The first-order chi connectivity index (χ1) is 8.22. The molecule has 0 fully saturated rings. The molecule has 92 valence electrons. The van der Waals surface area contributed by atoms with E-state index in [0.717, 1.165) is 18.4 Å². The van der Waals surface area contributed by atoms with Gasteiger partial charge in [-0.15, -0.1) is 0 Å². The zero-order chi connectivity index (χ0) is 12.3. The lowest BCUT2D eigenvalue weighted by atomic mass is 9.89. The summed E-state index contributed by atoms with van der Waals surface area (Å²) in [6.45, 7) is 2.18. The van der Waals surface area contributed by atoms with Crippen LogP contribution in [0.3, 0.4) is 0 Å². The molecule has 0 saturated carbocycles. The number of rotatable bonds is 4. The first kappa shape index (κ1) is 12.3. The van der Waals surface area contributed by atoms with E-state index >= 15 is 0 Å². The van der Waals surface area contributed by atoms with Crippen molar-refractivity contribution < 1.29 is 8.78 Å². The lowest BCUT2D eigenvalue weighted by Gasteiger charge is -2.17. The third kappa shape index (κ3) is 2.74. The normalized spacial score (nSPS) is 14.4. The average molecular weight is 236 g/mol. The van der Waals surface area contributed by atoms with Gasteiger partial charge in [-0.3, -0.25) is 0 Å². The van der Waals surface area contributed by atoms with Crippen molar-refractivity contribution >= 4 is 6.08 Å². The van der Waals surface area contributed by atoms with E-state index in [1.165, 1.54) is 30.9 Å².